The van der Waals surface area contributed by atoms with Gasteiger partial charge in [-0.25, -0.2) is 4.79 Å². The molecule has 4 aliphatic rings. The van der Waals surface area contributed by atoms with Crippen molar-refractivity contribution in [2.45, 2.75) is 96.3 Å². The van der Waals surface area contributed by atoms with Crippen LogP contribution in [0.4, 0.5) is 4.79 Å². The van der Waals surface area contributed by atoms with Crippen LogP contribution in [0.1, 0.15) is 78.1 Å². The summed E-state index contributed by atoms with van der Waals surface area (Å²) in [5, 5.41) is 13.4. The first-order valence-corrected chi connectivity index (χ1v) is 11.1. The van der Waals surface area contributed by atoms with Crippen molar-refractivity contribution in [2.24, 2.45) is 22.7 Å². The first kappa shape index (κ1) is 20.0. The molecule has 0 unspecified atom stereocenters. The van der Waals surface area contributed by atoms with E-state index in [0.717, 1.165) is 51.4 Å². The van der Waals surface area contributed by atoms with E-state index in [0.29, 0.717) is 6.42 Å². The second-order valence-corrected chi connectivity index (χ2v) is 10.1. The summed E-state index contributed by atoms with van der Waals surface area (Å²) in [6.07, 6.45) is 8.82. The number of carbonyl (C=O) groups excluding carboxylic acids is 2. The van der Waals surface area contributed by atoms with Gasteiger partial charge in [-0.15, -0.1) is 0 Å². The highest BCUT2D eigenvalue weighted by Crippen LogP contribution is 2.62. The summed E-state index contributed by atoms with van der Waals surface area (Å²) in [6.45, 7) is 4.30. The van der Waals surface area contributed by atoms with E-state index in [1.165, 1.54) is 6.42 Å². The molecule has 2 N–H and O–H groups in total. The zero-order valence-electron chi connectivity index (χ0n) is 17.2. The van der Waals surface area contributed by atoms with E-state index in [1.807, 2.05) is 0 Å². The average Bonchev–Trinajstić information content (AvgIpc) is 3.07. The smallest absolute Gasteiger partial charge is 0.407 e. The van der Waals surface area contributed by atoms with Gasteiger partial charge in [-0.1, -0.05) is 33.1 Å². The third kappa shape index (κ3) is 3.31. The number of hydrogen-bond donors (Lipinski definition) is 2. The van der Waals surface area contributed by atoms with Crippen LogP contribution in [-0.2, 0) is 14.3 Å². The van der Waals surface area contributed by atoms with Gasteiger partial charge in [0.15, 0.2) is 0 Å². The molecular formula is C22H35NO5. The maximum absolute atomic E-state index is 12.6. The van der Waals surface area contributed by atoms with E-state index >= 15 is 0 Å². The summed E-state index contributed by atoms with van der Waals surface area (Å²) in [5.74, 6) is 0.330. The Morgan fingerprint density at radius 1 is 1.18 bits per heavy atom. The minimum atomic E-state index is -0.493. The number of aliphatic hydroxyl groups excluding tert-OH is 1. The predicted molar refractivity (Wildman–Crippen MR) is 104 cm³/mol. The molecule has 0 aromatic rings. The second kappa shape index (κ2) is 7.51. The Hall–Kier alpha value is -1.30. The van der Waals surface area contributed by atoms with Crippen molar-refractivity contribution in [3.63, 3.8) is 0 Å². The molecule has 1 heterocycles. The van der Waals surface area contributed by atoms with Gasteiger partial charge >= 0.3 is 12.1 Å². The average molecular weight is 394 g/mol. The van der Waals surface area contributed by atoms with Crippen molar-refractivity contribution in [1.82, 2.24) is 5.32 Å². The van der Waals surface area contributed by atoms with Gasteiger partial charge in [0.05, 0.1) is 13.0 Å². The van der Waals surface area contributed by atoms with Gasteiger partial charge in [0.1, 0.15) is 12.2 Å². The fourth-order valence-corrected chi connectivity index (χ4v) is 6.87. The summed E-state index contributed by atoms with van der Waals surface area (Å²) in [4.78, 5) is 24.5. The van der Waals surface area contributed by atoms with Crippen molar-refractivity contribution in [3.05, 3.63) is 0 Å². The van der Waals surface area contributed by atoms with Gasteiger partial charge in [0.25, 0.3) is 0 Å². The van der Waals surface area contributed by atoms with E-state index in [1.54, 1.807) is 0 Å². The van der Waals surface area contributed by atoms with Crippen molar-refractivity contribution in [3.8, 4) is 0 Å². The van der Waals surface area contributed by atoms with Crippen molar-refractivity contribution >= 4 is 12.1 Å². The fraction of sp³-hybridized carbons (Fsp3) is 0.909. The molecule has 6 atom stereocenters. The molecule has 0 aromatic carbocycles. The van der Waals surface area contributed by atoms with Crippen molar-refractivity contribution in [2.75, 3.05) is 6.61 Å². The number of rotatable bonds is 3. The second-order valence-electron chi connectivity index (χ2n) is 10.1. The monoisotopic (exact) mass is 393 g/mol. The Bertz CT molecular complexity index is 618. The number of aliphatic hydroxyl groups is 1. The lowest BCUT2D eigenvalue weighted by molar-refractivity contribution is -0.175. The number of amides is 1. The number of hydrogen-bond acceptors (Lipinski definition) is 5. The minimum Gasteiger partial charge on any atom is -0.462 e. The van der Waals surface area contributed by atoms with Gasteiger partial charge in [0.2, 0.25) is 0 Å². The number of esters is 1. The molecule has 1 amide bonds. The molecule has 0 spiro atoms. The van der Waals surface area contributed by atoms with E-state index in [4.69, 9.17) is 9.47 Å². The van der Waals surface area contributed by atoms with Crippen LogP contribution >= 0.6 is 0 Å². The van der Waals surface area contributed by atoms with Crippen LogP contribution in [0.5, 0.6) is 0 Å². The Morgan fingerprint density at radius 2 is 1.93 bits per heavy atom. The molecule has 1 aliphatic heterocycles. The summed E-state index contributed by atoms with van der Waals surface area (Å²) >= 11 is 0. The highest BCUT2D eigenvalue weighted by atomic mass is 16.6. The third-order valence-electron chi connectivity index (χ3n) is 8.50. The SMILES string of the molecule is C[C@]1(CO)[C@@H]2CC[C@H]3OC(=O)C[C@H]3[C@]2(C)CC[C@H]1OC(=O)NC1CCCCC1. The first-order valence-electron chi connectivity index (χ1n) is 11.1. The van der Waals surface area contributed by atoms with Crippen LogP contribution in [0.15, 0.2) is 0 Å². The molecule has 3 aliphatic carbocycles. The fourth-order valence-electron chi connectivity index (χ4n) is 6.87. The molecule has 4 rings (SSSR count). The topological polar surface area (TPSA) is 84.9 Å². The zero-order chi connectivity index (χ0) is 19.9. The van der Waals surface area contributed by atoms with Gasteiger partial charge < -0.3 is 19.9 Å². The van der Waals surface area contributed by atoms with E-state index in [2.05, 4.69) is 19.2 Å². The Balaban J connectivity index is 1.47. The summed E-state index contributed by atoms with van der Waals surface area (Å²) in [5.41, 5.74) is -0.556. The number of nitrogens with one attached hydrogen (secondary N) is 1. The third-order valence-corrected chi connectivity index (χ3v) is 8.50. The summed E-state index contributed by atoms with van der Waals surface area (Å²) in [6, 6.07) is 0.215. The molecule has 0 aromatic heterocycles. The molecule has 1 saturated heterocycles. The Kier molecular flexibility index (Phi) is 5.36. The highest BCUT2D eigenvalue weighted by molar-refractivity contribution is 5.72. The van der Waals surface area contributed by atoms with Crippen molar-refractivity contribution < 1.29 is 24.2 Å². The molecule has 28 heavy (non-hydrogen) atoms. The van der Waals surface area contributed by atoms with Gasteiger partial charge in [-0.05, 0) is 49.9 Å². The molecule has 6 heteroatoms. The number of alkyl carbamates (subject to hydrolysis) is 1. The number of ether oxygens (including phenoxy) is 2. The Labute approximate surface area is 167 Å². The van der Waals surface area contributed by atoms with Crippen molar-refractivity contribution in [1.29, 1.82) is 0 Å². The largest absolute Gasteiger partial charge is 0.462 e. The van der Waals surface area contributed by atoms with Crippen LogP contribution in [0.2, 0.25) is 0 Å². The highest BCUT2D eigenvalue weighted by Gasteiger charge is 2.62. The molecule has 158 valence electrons. The lowest BCUT2D eigenvalue weighted by Gasteiger charge is -2.59. The van der Waals surface area contributed by atoms with Crippen LogP contribution in [0.3, 0.4) is 0 Å². The molecule has 3 saturated carbocycles. The molecule has 0 radical (unpaired) electrons. The van der Waals surface area contributed by atoms with Gasteiger partial charge in [-0.2, -0.15) is 0 Å². The lowest BCUT2D eigenvalue weighted by Crippen LogP contribution is -2.60. The summed E-state index contributed by atoms with van der Waals surface area (Å²) < 4.78 is 11.5. The lowest BCUT2D eigenvalue weighted by atomic mass is 9.46. The maximum Gasteiger partial charge on any atom is 0.407 e. The van der Waals surface area contributed by atoms with Crippen LogP contribution in [0.25, 0.3) is 0 Å². The molecule has 4 fully saturated rings. The predicted octanol–water partition coefficient (Wildman–Crippen LogP) is 3.55. The van der Waals surface area contributed by atoms with Gasteiger partial charge in [0, 0.05) is 17.4 Å². The van der Waals surface area contributed by atoms with E-state index < -0.39 is 5.41 Å². The standard InChI is InChI=1S/C22H35NO5/c1-21-11-10-18(28-20(26)23-14-6-4-3-5-7-14)22(2,13-24)17(21)9-8-16-15(21)12-19(25)27-16/h14-18,24H,3-13H2,1-2H3,(H,23,26)/t15-,16-,17-,18-,21+,22+/m1/s1. The maximum atomic E-state index is 12.6. The normalized spacial score (nSPS) is 43.6. The molecule has 0 bridgehead atoms. The zero-order valence-corrected chi connectivity index (χ0v) is 17.2. The van der Waals surface area contributed by atoms with Crippen LogP contribution in [0, 0.1) is 22.7 Å². The quantitative estimate of drug-likeness (QED) is 0.716. The first-order chi connectivity index (χ1) is 13.4. The molecule has 6 nitrogen and oxygen atoms in total. The number of fused-ring (bicyclic) bond motifs is 3. The summed E-state index contributed by atoms with van der Waals surface area (Å²) in [7, 11) is 0. The molecular weight excluding hydrogens is 358 g/mol. The minimum absolute atomic E-state index is 0.0131. The van der Waals surface area contributed by atoms with E-state index in [9.17, 15) is 14.7 Å². The van der Waals surface area contributed by atoms with Crippen LogP contribution < -0.4 is 5.32 Å². The van der Waals surface area contributed by atoms with E-state index in [-0.39, 0.29) is 54.2 Å². The van der Waals surface area contributed by atoms with Gasteiger partial charge in [-0.3, -0.25) is 4.79 Å². The number of carbonyl (C=O) groups is 2. The Morgan fingerprint density at radius 3 is 2.64 bits per heavy atom. The van der Waals surface area contributed by atoms with Crippen LogP contribution in [-0.4, -0.2) is 42.0 Å².